The first-order valence-electron chi connectivity index (χ1n) is 8.97. The zero-order valence-corrected chi connectivity index (χ0v) is 17.8. The summed E-state index contributed by atoms with van der Waals surface area (Å²) in [5.41, 5.74) is 5.55. The van der Waals surface area contributed by atoms with Crippen molar-refractivity contribution >= 4 is 35.8 Å². The van der Waals surface area contributed by atoms with Crippen molar-refractivity contribution in [2.24, 2.45) is 10.7 Å². The van der Waals surface area contributed by atoms with E-state index in [1.54, 1.807) is 0 Å². The molecule has 1 heterocycles. The molecule has 1 aliphatic heterocycles. The van der Waals surface area contributed by atoms with Gasteiger partial charge in [-0.15, -0.1) is 24.0 Å². The zero-order valence-electron chi connectivity index (χ0n) is 15.5. The average molecular weight is 495 g/mol. The monoisotopic (exact) mass is 495 g/mol. The number of guanidine groups is 1. The van der Waals surface area contributed by atoms with E-state index < -0.39 is 11.6 Å². The molecule has 0 bridgehead atoms. The van der Waals surface area contributed by atoms with Gasteiger partial charge in [0.25, 0.3) is 0 Å². The second kappa shape index (κ2) is 12.1. The SMILES string of the molecule is CCNC(=NCCc1cc(F)ccc1F)NC1CCN(CC(N)=O)CC1.I. The molecule has 9 heteroatoms. The molecule has 27 heavy (non-hydrogen) atoms. The molecule has 1 saturated heterocycles. The molecule has 152 valence electrons. The molecular formula is C18H28F2IN5O. The molecule has 0 aromatic heterocycles. The van der Waals surface area contributed by atoms with Crippen molar-refractivity contribution in [3.8, 4) is 0 Å². The lowest BCUT2D eigenvalue weighted by Crippen LogP contribution is -2.49. The van der Waals surface area contributed by atoms with Crippen LogP contribution < -0.4 is 16.4 Å². The largest absolute Gasteiger partial charge is 0.369 e. The molecule has 4 N–H and O–H groups in total. The number of piperidine rings is 1. The fourth-order valence-electron chi connectivity index (χ4n) is 2.99. The van der Waals surface area contributed by atoms with Crippen LogP contribution in [0.1, 0.15) is 25.3 Å². The van der Waals surface area contributed by atoms with Crippen LogP contribution in [-0.2, 0) is 11.2 Å². The third-order valence-corrected chi connectivity index (χ3v) is 4.31. The Labute approximate surface area is 176 Å². The van der Waals surface area contributed by atoms with E-state index in [1.807, 2.05) is 11.8 Å². The van der Waals surface area contributed by atoms with E-state index in [-0.39, 0.29) is 35.9 Å². The number of nitrogens with zero attached hydrogens (tertiary/aromatic N) is 2. The highest BCUT2D eigenvalue weighted by Crippen LogP contribution is 2.11. The number of amides is 1. The number of hydrogen-bond donors (Lipinski definition) is 3. The van der Waals surface area contributed by atoms with E-state index in [2.05, 4.69) is 15.6 Å². The van der Waals surface area contributed by atoms with Crippen molar-refractivity contribution < 1.29 is 13.6 Å². The minimum Gasteiger partial charge on any atom is -0.369 e. The molecule has 0 unspecified atom stereocenters. The normalized spacial score (nSPS) is 15.9. The van der Waals surface area contributed by atoms with Crippen molar-refractivity contribution in [2.45, 2.75) is 32.2 Å². The molecule has 2 rings (SSSR count). The van der Waals surface area contributed by atoms with Gasteiger partial charge in [0, 0.05) is 32.2 Å². The van der Waals surface area contributed by atoms with Gasteiger partial charge in [-0.25, -0.2) is 8.78 Å². The summed E-state index contributed by atoms with van der Waals surface area (Å²) >= 11 is 0. The molecule has 0 spiro atoms. The van der Waals surface area contributed by atoms with Crippen LogP contribution >= 0.6 is 24.0 Å². The van der Waals surface area contributed by atoms with Gasteiger partial charge in [0.05, 0.1) is 6.54 Å². The molecule has 0 aliphatic carbocycles. The first-order chi connectivity index (χ1) is 12.5. The Hall–Kier alpha value is -1.49. The Morgan fingerprint density at radius 1 is 1.33 bits per heavy atom. The molecule has 0 saturated carbocycles. The van der Waals surface area contributed by atoms with Crippen LogP contribution in [0.15, 0.2) is 23.2 Å². The Morgan fingerprint density at radius 2 is 2.04 bits per heavy atom. The van der Waals surface area contributed by atoms with Crippen molar-refractivity contribution in [2.75, 3.05) is 32.7 Å². The van der Waals surface area contributed by atoms with E-state index in [0.29, 0.717) is 37.6 Å². The average Bonchev–Trinajstić information content (AvgIpc) is 2.59. The summed E-state index contributed by atoms with van der Waals surface area (Å²) in [6, 6.07) is 3.71. The Bertz CT molecular complexity index is 636. The van der Waals surface area contributed by atoms with E-state index in [0.717, 1.165) is 38.1 Å². The molecule has 1 amide bonds. The third-order valence-electron chi connectivity index (χ3n) is 4.31. The van der Waals surface area contributed by atoms with Crippen LogP contribution in [0.5, 0.6) is 0 Å². The van der Waals surface area contributed by atoms with Crippen molar-refractivity contribution in [3.63, 3.8) is 0 Å². The maximum atomic E-state index is 13.7. The van der Waals surface area contributed by atoms with Gasteiger partial charge < -0.3 is 16.4 Å². The predicted octanol–water partition coefficient (Wildman–Crippen LogP) is 1.63. The topological polar surface area (TPSA) is 82.8 Å². The number of nitrogens with two attached hydrogens (primary N) is 1. The number of halogens is 3. The molecule has 1 aromatic rings. The maximum Gasteiger partial charge on any atom is 0.231 e. The summed E-state index contributed by atoms with van der Waals surface area (Å²) in [6.45, 7) is 4.93. The first kappa shape index (κ1) is 23.5. The summed E-state index contributed by atoms with van der Waals surface area (Å²) < 4.78 is 26.9. The summed E-state index contributed by atoms with van der Waals surface area (Å²) in [4.78, 5) is 17.5. The number of carbonyl (C=O) groups excluding carboxylic acids is 1. The van der Waals surface area contributed by atoms with Gasteiger partial charge in [0.2, 0.25) is 5.91 Å². The molecule has 0 atom stereocenters. The minimum atomic E-state index is -0.446. The minimum absolute atomic E-state index is 0. The Morgan fingerprint density at radius 3 is 2.67 bits per heavy atom. The number of hydrogen-bond acceptors (Lipinski definition) is 3. The van der Waals surface area contributed by atoms with Crippen LogP contribution in [-0.4, -0.2) is 55.5 Å². The number of rotatable bonds is 7. The van der Waals surface area contributed by atoms with Gasteiger partial charge in [-0.05, 0) is 49.9 Å². The quantitative estimate of drug-likeness (QED) is 0.305. The Kier molecular flexibility index (Phi) is 10.5. The number of carbonyl (C=O) groups is 1. The summed E-state index contributed by atoms with van der Waals surface area (Å²) in [7, 11) is 0. The van der Waals surface area contributed by atoms with Crippen molar-refractivity contribution in [1.82, 2.24) is 15.5 Å². The van der Waals surface area contributed by atoms with Gasteiger partial charge in [-0.1, -0.05) is 0 Å². The molecule has 0 radical (unpaired) electrons. The number of likely N-dealkylation sites (tertiary alicyclic amines) is 1. The van der Waals surface area contributed by atoms with E-state index in [1.165, 1.54) is 6.07 Å². The van der Waals surface area contributed by atoms with E-state index in [4.69, 9.17) is 5.73 Å². The zero-order chi connectivity index (χ0) is 18.9. The highest BCUT2D eigenvalue weighted by Gasteiger charge is 2.20. The van der Waals surface area contributed by atoms with Crippen LogP contribution in [0.25, 0.3) is 0 Å². The second-order valence-corrected chi connectivity index (χ2v) is 6.41. The smallest absolute Gasteiger partial charge is 0.231 e. The van der Waals surface area contributed by atoms with Crippen LogP contribution in [0, 0.1) is 11.6 Å². The molecule has 1 aromatic carbocycles. The third kappa shape index (κ3) is 8.37. The number of aliphatic imine (C=N–C) groups is 1. The second-order valence-electron chi connectivity index (χ2n) is 6.41. The maximum absolute atomic E-state index is 13.7. The Balaban J connectivity index is 0.00000364. The number of primary amides is 1. The lowest BCUT2D eigenvalue weighted by molar-refractivity contribution is -0.119. The van der Waals surface area contributed by atoms with Crippen molar-refractivity contribution in [3.05, 3.63) is 35.4 Å². The summed E-state index contributed by atoms with van der Waals surface area (Å²) in [5, 5.41) is 6.54. The van der Waals surface area contributed by atoms with Gasteiger partial charge in [-0.2, -0.15) is 0 Å². The lowest BCUT2D eigenvalue weighted by atomic mass is 10.1. The molecule has 1 aliphatic rings. The number of nitrogens with one attached hydrogen (secondary N) is 2. The molecular weight excluding hydrogens is 467 g/mol. The molecule has 6 nitrogen and oxygen atoms in total. The van der Waals surface area contributed by atoms with Gasteiger partial charge in [0.1, 0.15) is 11.6 Å². The fourth-order valence-corrected chi connectivity index (χ4v) is 2.99. The van der Waals surface area contributed by atoms with E-state index >= 15 is 0 Å². The highest BCUT2D eigenvalue weighted by molar-refractivity contribution is 14.0. The standard InChI is InChI=1S/C18H27F2N5O.HI/c1-2-22-18(23-8-5-13-11-14(19)3-4-16(13)20)24-15-6-9-25(10-7-15)12-17(21)26;/h3-4,11,15H,2,5-10,12H2,1H3,(H2,21,26)(H2,22,23,24);1H. The van der Waals surface area contributed by atoms with Crippen LogP contribution in [0.2, 0.25) is 0 Å². The molecule has 1 fully saturated rings. The van der Waals surface area contributed by atoms with Gasteiger partial charge in [-0.3, -0.25) is 14.7 Å². The lowest BCUT2D eigenvalue weighted by Gasteiger charge is -2.32. The summed E-state index contributed by atoms with van der Waals surface area (Å²) in [5.74, 6) is -0.506. The highest BCUT2D eigenvalue weighted by atomic mass is 127. The van der Waals surface area contributed by atoms with Gasteiger partial charge >= 0.3 is 0 Å². The number of benzene rings is 1. The van der Waals surface area contributed by atoms with Crippen LogP contribution in [0.4, 0.5) is 8.78 Å². The van der Waals surface area contributed by atoms with Gasteiger partial charge in [0.15, 0.2) is 5.96 Å². The fraction of sp³-hybridized carbons (Fsp3) is 0.556. The first-order valence-corrected chi connectivity index (χ1v) is 8.97. The van der Waals surface area contributed by atoms with Crippen LogP contribution in [0.3, 0.4) is 0 Å². The van der Waals surface area contributed by atoms with Crippen molar-refractivity contribution in [1.29, 1.82) is 0 Å². The summed E-state index contributed by atoms with van der Waals surface area (Å²) in [6.07, 6.45) is 2.10. The van der Waals surface area contributed by atoms with E-state index in [9.17, 15) is 13.6 Å². The predicted molar refractivity (Wildman–Crippen MR) is 113 cm³/mol.